The number of rotatable bonds is 3. The summed E-state index contributed by atoms with van der Waals surface area (Å²) in [6, 6.07) is 0. The third-order valence-corrected chi connectivity index (χ3v) is 4.45. The van der Waals surface area contributed by atoms with Gasteiger partial charge in [-0.2, -0.15) is 4.98 Å². The molecule has 0 aromatic carbocycles. The third-order valence-electron chi connectivity index (χ3n) is 4.45. The molecule has 26 heavy (non-hydrogen) atoms. The van der Waals surface area contributed by atoms with Crippen LogP contribution in [0.4, 0.5) is 5.82 Å². The predicted molar refractivity (Wildman–Crippen MR) is 95.0 cm³/mol. The number of hydrogen-bond donors (Lipinski definition) is 1. The largest absolute Gasteiger partial charge is 0.391 e. The second kappa shape index (κ2) is 6.01. The van der Waals surface area contributed by atoms with E-state index in [9.17, 15) is 5.11 Å². The number of hydrogen-bond acceptors (Lipinski definition) is 8. The van der Waals surface area contributed by atoms with E-state index in [0.717, 1.165) is 35.8 Å². The van der Waals surface area contributed by atoms with E-state index in [1.165, 1.54) is 0 Å². The van der Waals surface area contributed by atoms with Crippen LogP contribution in [0.15, 0.2) is 10.9 Å². The maximum Gasteiger partial charge on any atom is 0.246 e. The van der Waals surface area contributed by atoms with Crippen LogP contribution >= 0.6 is 0 Å². The second-order valence-corrected chi connectivity index (χ2v) is 7.79. The Morgan fingerprint density at radius 1 is 1.27 bits per heavy atom. The van der Waals surface area contributed by atoms with Gasteiger partial charge in [-0.1, -0.05) is 25.9 Å². The van der Waals surface area contributed by atoms with E-state index < -0.39 is 0 Å². The highest BCUT2D eigenvalue weighted by molar-refractivity contribution is 5.84. The number of fused-ring (bicyclic) bond motifs is 1. The van der Waals surface area contributed by atoms with Crippen LogP contribution in [0.1, 0.15) is 44.7 Å². The molecule has 1 fully saturated rings. The minimum Gasteiger partial charge on any atom is -0.391 e. The summed E-state index contributed by atoms with van der Waals surface area (Å²) in [5, 5.41) is 13.8. The molecule has 138 valence electrons. The molecule has 1 atom stereocenters. The second-order valence-electron chi connectivity index (χ2n) is 7.79. The van der Waals surface area contributed by atoms with Crippen molar-refractivity contribution in [1.29, 1.82) is 0 Å². The minimum atomic E-state index is -0.332. The molecule has 3 aromatic heterocycles. The number of β-amino-alcohol motifs (C(OH)–C–C–N with tert-alkyl or cyclic N) is 1. The number of nitrogens with zero attached hydrogens (tertiary/aromatic N) is 7. The average molecular weight is 357 g/mol. The van der Waals surface area contributed by atoms with Gasteiger partial charge in [0.25, 0.3) is 0 Å². The third kappa shape index (κ3) is 3.03. The first kappa shape index (κ1) is 16.9. The molecule has 1 saturated heterocycles. The molecule has 1 aliphatic heterocycles. The van der Waals surface area contributed by atoms with Gasteiger partial charge in [0.2, 0.25) is 5.89 Å². The summed E-state index contributed by atoms with van der Waals surface area (Å²) in [6.07, 6.45) is 2.13. The first-order chi connectivity index (χ1) is 12.3. The van der Waals surface area contributed by atoms with Gasteiger partial charge in [0.1, 0.15) is 12.4 Å². The van der Waals surface area contributed by atoms with Crippen LogP contribution in [0, 0.1) is 6.92 Å². The number of imidazole rings is 1. The highest BCUT2D eigenvalue weighted by Crippen LogP contribution is 2.29. The summed E-state index contributed by atoms with van der Waals surface area (Å²) in [4.78, 5) is 20.4. The molecule has 3 aromatic rings. The molecular weight excluding hydrogens is 334 g/mol. The summed E-state index contributed by atoms with van der Waals surface area (Å²) in [5.74, 6) is 2.62. The van der Waals surface area contributed by atoms with Crippen molar-refractivity contribution in [1.82, 2.24) is 29.7 Å². The lowest BCUT2D eigenvalue weighted by molar-refractivity contribution is 0.198. The number of anilines is 1. The van der Waals surface area contributed by atoms with Crippen molar-refractivity contribution in [3.05, 3.63) is 23.9 Å². The minimum absolute atomic E-state index is 0.211. The smallest absolute Gasteiger partial charge is 0.246 e. The van der Waals surface area contributed by atoms with Crippen LogP contribution in [-0.2, 0) is 12.0 Å². The Morgan fingerprint density at radius 3 is 2.69 bits per heavy atom. The zero-order chi connectivity index (χ0) is 18.5. The molecule has 0 spiro atoms. The Balaban J connectivity index is 1.82. The van der Waals surface area contributed by atoms with Crippen molar-refractivity contribution < 1.29 is 9.63 Å². The quantitative estimate of drug-likeness (QED) is 0.750. The van der Waals surface area contributed by atoms with Crippen molar-refractivity contribution in [2.24, 2.45) is 0 Å². The van der Waals surface area contributed by atoms with Gasteiger partial charge in [0.05, 0.1) is 12.4 Å². The van der Waals surface area contributed by atoms with Crippen molar-refractivity contribution in [2.75, 3.05) is 18.0 Å². The zero-order valence-corrected chi connectivity index (χ0v) is 15.5. The molecule has 9 nitrogen and oxygen atoms in total. The lowest BCUT2D eigenvalue weighted by Gasteiger charge is -2.22. The Bertz CT molecular complexity index is 940. The summed E-state index contributed by atoms with van der Waals surface area (Å²) in [6.45, 7) is 9.75. The Kier molecular flexibility index (Phi) is 3.91. The molecule has 1 aliphatic rings. The lowest BCUT2D eigenvalue weighted by Crippen LogP contribution is -2.25. The maximum absolute atomic E-state index is 9.93. The molecule has 4 heterocycles. The van der Waals surface area contributed by atoms with Crippen molar-refractivity contribution in [3.63, 3.8) is 0 Å². The highest BCUT2D eigenvalue weighted by Gasteiger charge is 2.28. The molecule has 0 amide bonds. The van der Waals surface area contributed by atoms with E-state index in [0.29, 0.717) is 24.8 Å². The molecule has 0 saturated carbocycles. The summed E-state index contributed by atoms with van der Waals surface area (Å²) >= 11 is 0. The van der Waals surface area contributed by atoms with Gasteiger partial charge >= 0.3 is 0 Å². The Labute approximate surface area is 151 Å². The van der Waals surface area contributed by atoms with Crippen molar-refractivity contribution >= 4 is 17.0 Å². The average Bonchev–Trinajstić information content (AvgIpc) is 3.27. The fourth-order valence-electron chi connectivity index (χ4n) is 3.09. The molecule has 0 aliphatic carbocycles. The number of aliphatic hydroxyl groups excluding tert-OH is 1. The molecule has 4 rings (SSSR count). The molecular formula is C17H23N7O2. The Hall–Kier alpha value is -2.55. The number of aromatic nitrogens is 6. The van der Waals surface area contributed by atoms with E-state index in [1.807, 2.05) is 4.57 Å². The summed E-state index contributed by atoms with van der Waals surface area (Å²) in [7, 11) is 0. The van der Waals surface area contributed by atoms with Crippen LogP contribution in [0.5, 0.6) is 0 Å². The highest BCUT2D eigenvalue weighted by atomic mass is 16.5. The number of aryl methyl sites for hydroxylation is 1. The van der Waals surface area contributed by atoms with Gasteiger partial charge in [-0.15, -0.1) is 0 Å². The first-order valence-electron chi connectivity index (χ1n) is 8.77. The van der Waals surface area contributed by atoms with Crippen molar-refractivity contribution in [2.45, 2.75) is 52.2 Å². The summed E-state index contributed by atoms with van der Waals surface area (Å²) < 4.78 is 7.13. The van der Waals surface area contributed by atoms with Gasteiger partial charge in [0, 0.05) is 18.5 Å². The fraction of sp³-hybridized carbons (Fsp3) is 0.588. The molecule has 0 radical (unpaired) electrons. The Morgan fingerprint density at radius 2 is 2.08 bits per heavy atom. The van der Waals surface area contributed by atoms with Gasteiger partial charge in [-0.05, 0) is 13.3 Å². The van der Waals surface area contributed by atoms with Crippen LogP contribution < -0.4 is 4.90 Å². The van der Waals surface area contributed by atoms with Crippen LogP contribution in [0.2, 0.25) is 0 Å². The van der Waals surface area contributed by atoms with E-state index in [-0.39, 0.29) is 11.5 Å². The van der Waals surface area contributed by atoms with Crippen LogP contribution in [-0.4, -0.2) is 54.0 Å². The van der Waals surface area contributed by atoms with E-state index in [4.69, 9.17) is 14.5 Å². The van der Waals surface area contributed by atoms with Crippen LogP contribution in [0.25, 0.3) is 11.2 Å². The number of aliphatic hydroxyl groups is 1. The standard InChI is InChI=1S/C17H23N7O2/c1-10-19-12(26-22-10)8-24-9-18-13-14(23-6-5-11(25)7-23)20-16(17(2,3)4)21-15(13)24/h9,11,25H,5-8H2,1-4H3. The molecule has 0 bridgehead atoms. The predicted octanol–water partition coefficient (Wildman–Crippen LogP) is 1.43. The van der Waals surface area contributed by atoms with E-state index in [2.05, 4.69) is 40.8 Å². The lowest BCUT2D eigenvalue weighted by atomic mass is 9.96. The first-order valence-corrected chi connectivity index (χ1v) is 8.77. The van der Waals surface area contributed by atoms with Gasteiger partial charge in [-0.25, -0.2) is 15.0 Å². The molecule has 1 N–H and O–H groups in total. The summed E-state index contributed by atoms with van der Waals surface area (Å²) in [5.41, 5.74) is 1.25. The maximum atomic E-state index is 9.93. The SMILES string of the molecule is Cc1noc(Cn2cnc3c(N4CCC(O)C4)nc(C(C)(C)C)nc32)n1. The zero-order valence-electron chi connectivity index (χ0n) is 15.5. The normalized spacial score (nSPS) is 18.2. The van der Waals surface area contributed by atoms with Gasteiger partial charge in [-0.3, -0.25) is 0 Å². The van der Waals surface area contributed by atoms with E-state index >= 15 is 0 Å². The monoisotopic (exact) mass is 357 g/mol. The van der Waals surface area contributed by atoms with Crippen LogP contribution in [0.3, 0.4) is 0 Å². The fourth-order valence-corrected chi connectivity index (χ4v) is 3.09. The van der Waals surface area contributed by atoms with Crippen molar-refractivity contribution in [3.8, 4) is 0 Å². The van der Waals surface area contributed by atoms with Gasteiger partial charge < -0.3 is 19.1 Å². The van der Waals surface area contributed by atoms with Gasteiger partial charge in [0.15, 0.2) is 22.8 Å². The molecule has 1 unspecified atom stereocenters. The molecule has 9 heteroatoms. The topological polar surface area (TPSA) is 106 Å². The van der Waals surface area contributed by atoms with E-state index in [1.54, 1.807) is 13.3 Å².